The van der Waals surface area contributed by atoms with Crippen molar-refractivity contribution in [2.45, 2.75) is 25.9 Å². The Labute approximate surface area is 83.4 Å². The molecule has 0 amide bonds. The zero-order chi connectivity index (χ0) is 8.91. The third-order valence-corrected chi connectivity index (χ3v) is 3.55. The van der Waals surface area contributed by atoms with Gasteiger partial charge in [-0.25, -0.2) is 0 Å². The van der Waals surface area contributed by atoms with Crippen LogP contribution in [0.1, 0.15) is 13.3 Å². The average molecular weight is 231 g/mol. The van der Waals surface area contributed by atoms with Gasteiger partial charge < -0.3 is 4.74 Å². The van der Waals surface area contributed by atoms with E-state index in [2.05, 4.69) is 0 Å². The van der Waals surface area contributed by atoms with Gasteiger partial charge in [0, 0.05) is 6.92 Å². The highest BCUT2D eigenvalue weighted by atomic mass is 35.7. The predicted molar refractivity (Wildman–Crippen MR) is 57.0 cm³/mol. The van der Waals surface area contributed by atoms with Crippen LogP contribution in [0.25, 0.3) is 0 Å². The van der Waals surface area contributed by atoms with Gasteiger partial charge in [0.15, 0.2) is 5.05 Å². The maximum absolute atomic E-state index is 5.86. The molecule has 0 radical (unpaired) electrons. The third kappa shape index (κ3) is 10.7. The molecule has 0 aliphatic rings. The smallest absolute Gasteiger partial charge is 0.248 e. The summed E-state index contributed by atoms with van der Waals surface area (Å²) in [5, 5.41) is 0.581. The van der Waals surface area contributed by atoms with E-state index in [9.17, 15) is 0 Å². The molecule has 0 spiro atoms. The van der Waals surface area contributed by atoms with Gasteiger partial charge in [-0.3, -0.25) is 0 Å². The summed E-state index contributed by atoms with van der Waals surface area (Å²) in [6, 6.07) is 0.860. The van der Waals surface area contributed by atoms with Gasteiger partial charge in [-0.2, -0.15) is 0 Å². The van der Waals surface area contributed by atoms with Crippen LogP contribution in [-0.4, -0.2) is 18.4 Å². The second-order valence-electron chi connectivity index (χ2n) is 2.51. The molecule has 0 heterocycles. The van der Waals surface area contributed by atoms with Gasteiger partial charge in [-0.05, 0) is 31.2 Å². The van der Waals surface area contributed by atoms with Crippen molar-refractivity contribution >= 4 is 46.1 Å². The van der Waals surface area contributed by atoms with Crippen molar-refractivity contribution in [1.29, 1.82) is 0 Å². The van der Waals surface area contributed by atoms with E-state index >= 15 is 0 Å². The van der Waals surface area contributed by atoms with E-state index in [4.69, 9.17) is 39.1 Å². The lowest BCUT2D eigenvalue weighted by Crippen LogP contribution is -2.13. The predicted octanol–water partition coefficient (Wildman–Crippen LogP) is 3.29. The zero-order valence-corrected chi connectivity index (χ0v) is 10.0. The van der Waals surface area contributed by atoms with Crippen LogP contribution in [0, 0.1) is 0 Å². The highest BCUT2D eigenvalue weighted by molar-refractivity contribution is 7.80. The molecule has 0 aromatic rings. The molecule has 1 nitrogen and oxygen atoms in total. The SMILES string of the molecule is CC(=S)OCCC[Si](C)(Cl)Cl. The molecule has 0 aliphatic carbocycles. The summed E-state index contributed by atoms with van der Waals surface area (Å²) < 4.78 is 5.07. The molecule has 11 heavy (non-hydrogen) atoms. The summed E-state index contributed by atoms with van der Waals surface area (Å²) in [6.07, 6.45) is 0.893. The Morgan fingerprint density at radius 3 is 2.45 bits per heavy atom. The molecule has 0 atom stereocenters. The lowest BCUT2D eigenvalue weighted by molar-refractivity contribution is 0.310. The van der Waals surface area contributed by atoms with Gasteiger partial charge >= 0.3 is 0 Å². The number of hydrogen-bond acceptors (Lipinski definition) is 2. The molecule has 0 N–H and O–H groups in total. The van der Waals surface area contributed by atoms with Crippen LogP contribution >= 0.6 is 34.4 Å². The minimum Gasteiger partial charge on any atom is -0.487 e. The van der Waals surface area contributed by atoms with Gasteiger partial charge in [0.25, 0.3) is 0 Å². The Hall–Kier alpha value is 0.687. The van der Waals surface area contributed by atoms with Crippen molar-refractivity contribution in [3.63, 3.8) is 0 Å². The van der Waals surface area contributed by atoms with Crippen LogP contribution in [0.15, 0.2) is 0 Å². The summed E-state index contributed by atoms with van der Waals surface area (Å²) in [4.78, 5) is 0. The minimum absolute atomic E-state index is 0.581. The maximum atomic E-state index is 5.86. The molecule has 0 aromatic heterocycles. The Bertz CT molecular complexity index is 135. The normalized spacial score (nSPS) is 11.3. The first-order chi connectivity index (χ1) is 4.92. The third-order valence-electron chi connectivity index (χ3n) is 1.07. The van der Waals surface area contributed by atoms with Crippen LogP contribution in [0.5, 0.6) is 0 Å². The molecule has 5 heteroatoms. The van der Waals surface area contributed by atoms with Crippen molar-refractivity contribution < 1.29 is 4.74 Å². The first-order valence-electron chi connectivity index (χ1n) is 3.43. The Balaban J connectivity index is 3.22. The van der Waals surface area contributed by atoms with E-state index in [1.165, 1.54) is 0 Å². The minimum atomic E-state index is -1.91. The number of ether oxygens (including phenoxy) is 1. The monoisotopic (exact) mass is 230 g/mol. The second-order valence-corrected chi connectivity index (χ2v) is 11.3. The zero-order valence-electron chi connectivity index (χ0n) is 6.69. The molecule has 0 bridgehead atoms. The van der Waals surface area contributed by atoms with Crippen LogP contribution in [0.2, 0.25) is 12.6 Å². The molecular formula is C6H12Cl2OSSi. The molecule has 0 fully saturated rings. The summed E-state index contributed by atoms with van der Waals surface area (Å²) >= 11 is 16.5. The van der Waals surface area contributed by atoms with Gasteiger partial charge in [-0.1, -0.05) is 0 Å². The standard InChI is InChI=1S/C6H12Cl2OSSi/c1-6(10)9-4-3-5-11(2,7)8/h3-5H2,1-2H3. The van der Waals surface area contributed by atoms with E-state index in [1.807, 2.05) is 6.55 Å². The van der Waals surface area contributed by atoms with Gasteiger partial charge in [0.1, 0.15) is 0 Å². The fraction of sp³-hybridized carbons (Fsp3) is 0.833. The number of hydrogen-bond donors (Lipinski definition) is 0. The largest absolute Gasteiger partial charge is 0.487 e. The van der Waals surface area contributed by atoms with Crippen molar-refractivity contribution in [1.82, 2.24) is 0 Å². The second kappa shape index (κ2) is 5.35. The van der Waals surface area contributed by atoms with E-state index in [1.54, 1.807) is 6.92 Å². The average Bonchev–Trinajstić information content (AvgIpc) is 1.78. The van der Waals surface area contributed by atoms with Crippen LogP contribution < -0.4 is 0 Å². The van der Waals surface area contributed by atoms with Crippen LogP contribution in [0.4, 0.5) is 0 Å². The van der Waals surface area contributed by atoms with E-state index in [-0.39, 0.29) is 0 Å². The molecule has 0 saturated carbocycles. The molecule has 0 saturated heterocycles. The molecule has 0 rings (SSSR count). The molecular weight excluding hydrogens is 219 g/mol. The van der Waals surface area contributed by atoms with Gasteiger partial charge in [0.2, 0.25) is 6.69 Å². The number of thiocarbonyl (C=S) groups is 1. The first-order valence-corrected chi connectivity index (χ1v) is 8.57. The highest BCUT2D eigenvalue weighted by Gasteiger charge is 2.19. The van der Waals surface area contributed by atoms with Gasteiger partial charge in [0.05, 0.1) is 6.61 Å². The lowest BCUT2D eigenvalue weighted by atomic mass is 10.5. The van der Waals surface area contributed by atoms with E-state index in [0.29, 0.717) is 11.7 Å². The van der Waals surface area contributed by atoms with Crippen molar-refractivity contribution in [2.75, 3.05) is 6.61 Å². The summed E-state index contributed by atoms with van der Waals surface area (Å²) in [5.74, 6) is 0. The fourth-order valence-electron chi connectivity index (χ4n) is 0.598. The number of halogens is 2. The molecule has 0 aromatic carbocycles. The summed E-state index contributed by atoms with van der Waals surface area (Å²) in [5.41, 5.74) is 0. The maximum Gasteiger partial charge on any atom is 0.248 e. The Kier molecular flexibility index (Phi) is 5.69. The Morgan fingerprint density at radius 1 is 1.55 bits per heavy atom. The highest BCUT2D eigenvalue weighted by Crippen LogP contribution is 2.21. The molecule has 66 valence electrons. The molecule has 0 unspecified atom stereocenters. The van der Waals surface area contributed by atoms with Crippen molar-refractivity contribution in [2.24, 2.45) is 0 Å². The summed E-state index contributed by atoms with van der Waals surface area (Å²) in [6.45, 7) is 2.39. The fourth-order valence-corrected chi connectivity index (χ4v) is 2.25. The lowest BCUT2D eigenvalue weighted by Gasteiger charge is -2.09. The topological polar surface area (TPSA) is 9.23 Å². The van der Waals surface area contributed by atoms with Crippen molar-refractivity contribution in [3.8, 4) is 0 Å². The number of rotatable bonds is 4. The van der Waals surface area contributed by atoms with E-state index < -0.39 is 6.69 Å². The Morgan fingerprint density at radius 2 is 2.09 bits per heavy atom. The van der Waals surface area contributed by atoms with Crippen LogP contribution in [-0.2, 0) is 4.74 Å². The summed E-state index contributed by atoms with van der Waals surface area (Å²) in [7, 11) is 0. The molecule has 0 aliphatic heterocycles. The first kappa shape index (κ1) is 11.7. The van der Waals surface area contributed by atoms with E-state index in [0.717, 1.165) is 12.5 Å². The quantitative estimate of drug-likeness (QED) is 0.318. The van der Waals surface area contributed by atoms with Gasteiger partial charge in [-0.15, -0.1) is 22.2 Å². The van der Waals surface area contributed by atoms with Crippen LogP contribution in [0.3, 0.4) is 0 Å². The van der Waals surface area contributed by atoms with Crippen molar-refractivity contribution in [3.05, 3.63) is 0 Å².